The molecule has 0 saturated carbocycles. The maximum Gasteiger partial charge on any atom is 0.0668 e. The minimum Gasteiger partial charge on any atom is -0.234 e. The van der Waals surface area contributed by atoms with Gasteiger partial charge in [0, 0.05) is 5.02 Å². The molecule has 0 atom stereocenters. The van der Waals surface area contributed by atoms with E-state index in [4.69, 9.17) is 11.6 Å². The molecule has 3 rings (SSSR count). The molecule has 0 fully saturated rings. The number of aromatic nitrogens is 2. The summed E-state index contributed by atoms with van der Waals surface area (Å²) in [5, 5.41) is 5.08. The van der Waals surface area contributed by atoms with Crippen molar-refractivity contribution in [2.24, 2.45) is 0 Å². The fraction of sp³-hybridized carbons (Fsp3) is 0. The summed E-state index contributed by atoms with van der Waals surface area (Å²) >= 11 is 5.91. The van der Waals surface area contributed by atoms with Crippen molar-refractivity contribution in [1.82, 2.24) is 9.78 Å². The average molecular weight is 281 g/mol. The summed E-state index contributed by atoms with van der Waals surface area (Å²) in [5.74, 6) is 0. The molecular weight excluding hydrogens is 268 g/mol. The number of halogens is 1. The molecule has 2 aromatic carbocycles. The summed E-state index contributed by atoms with van der Waals surface area (Å²) in [6.45, 7) is 0. The smallest absolute Gasteiger partial charge is 0.0668 e. The van der Waals surface area contributed by atoms with E-state index in [1.165, 1.54) is 0 Å². The van der Waals surface area contributed by atoms with Crippen molar-refractivity contribution in [2.75, 3.05) is 0 Å². The van der Waals surface area contributed by atoms with Gasteiger partial charge in [0.05, 0.1) is 17.6 Å². The van der Waals surface area contributed by atoms with Gasteiger partial charge in [-0.1, -0.05) is 48.0 Å². The van der Waals surface area contributed by atoms with E-state index < -0.39 is 0 Å². The number of nitrogens with zero attached hydrogens (tertiary/aromatic N) is 2. The van der Waals surface area contributed by atoms with Crippen molar-refractivity contribution in [3.8, 4) is 5.69 Å². The Hall–Kier alpha value is -2.32. The minimum atomic E-state index is 0.724. The monoisotopic (exact) mass is 280 g/mol. The Morgan fingerprint density at radius 2 is 1.60 bits per heavy atom. The van der Waals surface area contributed by atoms with Gasteiger partial charge in [-0.15, -0.1) is 0 Å². The maximum absolute atomic E-state index is 5.91. The molecule has 0 bridgehead atoms. The van der Waals surface area contributed by atoms with Crippen LogP contribution < -0.4 is 0 Å². The van der Waals surface area contributed by atoms with Gasteiger partial charge >= 0.3 is 0 Å². The van der Waals surface area contributed by atoms with Gasteiger partial charge in [-0.3, -0.25) is 0 Å². The molecule has 0 unspecified atom stereocenters. The summed E-state index contributed by atoms with van der Waals surface area (Å²) < 4.78 is 1.88. The van der Waals surface area contributed by atoms with E-state index in [0.29, 0.717) is 0 Å². The predicted octanol–water partition coefficient (Wildman–Crippen LogP) is 4.70. The molecule has 0 aliphatic rings. The first-order chi connectivity index (χ1) is 9.83. The maximum atomic E-state index is 5.91. The van der Waals surface area contributed by atoms with E-state index in [1.807, 2.05) is 53.2 Å². The average Bonchev–Trinajstić information content (AvgIpc) is 2.95. The van der Waals surface area contributed by atoms with Gasteiger partial charge in [0.1, 0.15) is 0 Å². The van der Waals surface area contributed by atoms with Crippen molar-refractivity contribution >= 4 is 23.8 Å². The molecule has 0 amide bonds. The van der Waals surface area contributed by atoms with E-state index in [2.05, 4.69) is 29.4 Å². The number of rotatable bonds is 3. The molecule has 0 saturated heterocycles. The molecular formula is C17H13ClN2. The Bertz CT molecular complexity index is 712. The lowest BCUT2D eigenvalue weighted by atomic mass is 10.2. The van der Waals surface area contributed by atoms with E-state index in [0.717, 1.165) is 22.0 Å². The van der Waals surface area contributed by atoms with Crippen LogP contribution in [0, 0.1) is 0 Å². The van der Waals surface area contributed by atoms with Crippen LogP contribution in [0.2, 0.25) is 5.02 Å². The zero-order valence-electron chi connectivity index (χ0n) is 10.8. The zero-order chi connectivity index (χ0) is 13.8. The van der Waals surface area contributed by atoms with Crippen LogP contribution in [-0.2, 0) is 0 Å². The van der Waals surface area contributed by atoms with Gasteiger partial charge in [0.15, 0.2) is 0 Å². The summed E-state index contributed by atoms with van der Waals surface area (Å²) in [4.78, 5) is 0. The largest absolute Gasteiger partial charge is 0.234 e. The van der Waals surface area contributed by atoms with E-state index in [-0.39, 0.29) is 0 Å². The standard InChI is InChI=1S/C17H13ClN2/c18-15-7-10-16(11-8-15)20-17(12-13-19-20)9-6-14-4-2-1-3-5-14/h1-13H/b9-6+. The van der Waals surface area contributed by atoms with Crippen molar-refractivity contribution in [3.05, 3.63) is 83.1 Å². The first kappa shape index (κ1) is 12.7. The molecule has 3 heteroatoms. The van der Waals surface area contributed by atoms with E-state index in [9.17, 15) is 0 Å². The second kappa shape index (κ2) is 5.76. The van der Waals surface area contributed by atoms with Crippen molar-refractivity contribution < 1.29 is 0 Å². The number of hydrogen-bond donors (Lipinski definition) is 0. The Labute approximate surface area is 122 Å². The van der Waals surface area contributed by atoms with Gasteiger partial charge in [0.25, 0.3) is 0 Å². The Morgan fingerprint density at radius 3 is 2.35 bits per heavy atom. The van der Waals surface area contributed by atoms with Crippen LogP contribution in [0.25, 0.3) is 17.8 Å². The van der Waals surface area contributed by atoms with Crippen LogP contribution in [0.15, 0.2) is 66.9 Å². The fourth-order valence-electron chi connectivity index (χ4n) is 1.98. The molecule has 0 radical (unpaired) electrons. The Kier molecular flexibility index (Phi) is 3.66. The third kappa shape index (κ3) is 2.81. The minimum absolute atomic E-state index is 0.724. The molecule has 3 aromatic rings. The second-order valence-electron chi connectivity index (χ2n) is 4.39. The number of hydrogen-bond acceptors (Lipinski definition) is 1. The Morgan fingerprint density at radius 1 is 0.850 bits per heavy atom. The highest BCUT2D eigenvalue weighted by molar-refractivity contribution is 6.30. The number of benzene rings is 2. The van der Waals surface area contributed by atoms with Crippen LogP contribution in [-0.4, -0.2) is 9.78 Å². The lowest BCUT2D eigenvalue weighted by Crippen LogP contribution is -1.97. The van der Waals surface area contributed by atoms with Gasteiger partial charge in [-0.05, 0) is 42.0 Å². The van der Waals surface area contributed by atoms with Crippen LogP contribution in [0.5, 0.6) is 0 Å². The Balaban J connectivity index is 1.91. The van der Waals surface area contributed by atoms with Crippen LogP contribution in [0.4, 0.5) is 0 Å². The molecule has 1 aromatic heterocycles. The van der Waals surface area contributed by atoms with E-state index >= 15 is 0 Å². The quantitative estimate of drug-likeness (QED) is 0.680. The summed E-state index contributed by atoms with van der Waals surface area (Å²) in [6.07, 6.45) is 5.92. The first-order valence-corrected chi connectivity index (χ1v) is 6.74. The van der Waals surface area contributed by atoms with Gasteiger partial charge in [-0.2, -0.15) is 5.10 Å². The highest BCUT2D eigenvalue weighted by atomic mass is 35.5. The summed E-state index contributed by atoms with van der Waals surface area (Å²) in [7, 11) is 0. The summed E-state index contributed by atoms with van der Waals surface area (Å²) in [5.41, 5.74) is 3.18. The zero-order valence-corrected chi connectivity index (χ0v) is 11.5. The van der Waals surface area contributed by atoms with Crippen LogP contribution in [0.1, 0.15) is 11.3 Å². The van der Waals surface area contributed by atoms with Gasteiger partial charge in [0.2, 0.25) is 0 Å². The fourth-order valence-corrected chi connectivity index (χ4v) is 2.11. The highest BCUT2D eigenvalue weighted by Gasteiger charge is 2.01. The normalized spacial score (nSPS) is 11.1. The van der Waals surface area contributed by atoms with E-state index in [1.54, 1.807) is 6.20 Å². The third-order valence-electron chi connectivity index (χ3n) is 2.99. The predicted molar refractivity (Wildman–Crippen MR) is 83.9 cm³/mol. The second-order valence-corrected chi connectivity index (χ2v) is 4.82. The molecule has 98 valence electrons. The molecule has 0 spiro atoms. The summed E-state index contributed by atoms with van der Waals surface area (Å²) in [6, 6.07) is 19.8. The van der Waals surface area contributed by atoms with Crippen LogP contribution >= 0.6 is 11.6 Å². The topological polar surface area (TPSA) is 17.8 Å². The van der Waals surface area contributed by atoms with Gasteiger partial charge < -0.3 is 0 Å². The molecule has 0 aliphatic heterocycles. The van der Waals surface area contributed by atoms with Gasteiger partial charge in [-0.25, -0.2) is 4.68 Å². The van der Waals surface area contributed by atoms with Crippen molar-refractivity contribution in [3.63, 3.8) is 0 Å². The molecule has 1 heterocycles. The van der Waals surface area contributed by atoms with Crippen LogP contribution in [0.3, 0.4) is 0 Å². The molecule has 0 aliphatic carbocycles. The SMILES string of the molecule is Clc1ccc(-n2nccc2/C=C/c2ccccc2)cc1. The molecule has 0 N–H and O–H groups in total. The van der Waals surface area contributed by atoms with Crippen molar-refractivity contribution in [2.45, 2.75) is 0 Å². The molecule has 2 nitrogen and oxygen atoms in total. The third-order valence-corrected chi connectivity index (χ3v) is 3.24. The lowest BCUT2D eigenvalue weighted by Gasteiger charge is -2.04. The lowest BCUT2D eigenvalue weighted by molar-refractivity contribution is 0.871. The highest BCUT2D eigenvalue weighted by Crippen LogP contribution is 2.16. The van der Waals surface area contributed by atoms with Crippen molar-refractivity contribution in [1.29, 1.82) is 0 Å². The molecule has 20 heavy (non-hydrogen) atoms. The first-order valence-electron chi connectivity index (χ1n) is 6.36.